The summed E-state index contributed by atoms with van der Waals surface area (Å²) in [6.07, 6.45) is -16.7. The number of hydrogen-bond donors (Lipinski definition) is 1. The van der Waals surface area contributed by atoms with Gasteiger partial charge in [-0.1, -0.05) is 6.92 Å². The van der Waals surface area contributed by atoms with Gasteiger partial charge in [0.2, 0.25) is 0 Å². The third-order valence-corrected chi connectivity index (χ3v) is 4.22. The van der Waals surface area contributed by atoms with Gasteiger partial charge in [-0.15, -0.1) is 0 Å². The van der Waals surface area contributed by atoms with Crippen LogP contribution in [0, 0.1) is 11.8 Å². The first-order chi connectivity index (χ1) is 11.0. The molecule has 26 heavy (non-hydrogen) atoms. The lowest BCUT2D eigenvalue weighted by Crippen LogP contribution is -2.58. The highest BCUT2D eigenvalue weighted by molar-refractivity contribution is 7.87. The van der Waals surface area contributed by atoms with Gasteiger partial charge in [-0.2, -0.15) is 61.1 Å². The summed E-state index contributed by atoms with van der Waals surface area (Å²) in [5.74, 6) is -20.2. The molecule has 0 spiro atoms. The van der Waals surface area contributed by atoms with Gasteiger partial charge in [0.1, 0.15) is 0 Å². The van der Waals surface area contributed by atoms with E-state index in [-0.39, 0.29) is 6.92 Å². The Balaban J connectivity index is 5.89. The van der Waals surface area contributed by atoms with E-state index >= 15 is 0 Å². The molecular formula is C10H10F12O3S. The summed E-state index contributed by atoms with van der Waals surface area (Å²) in [6, 6.07) is 0. The predicted molar refractivity (Wildman–Crippen MR) is 60.4 cm³/mol. The van der Waals surface area contributed by atoms with Crippen molar-refractivity contribution >= 4 is 10.1 Å². The van der Waals surface area contributed by atoms with E-state index in [4.69, 9.17) is 4.55 Å². The highest BCUT2D eigenvalue weighted by atomic mass is 32.2. The van der Waals surface area contributed by atoms with Gasteiger partial charge in [0.15, 0.2) is 0 Å². The predicted octanol–water partition coefficient (Wildman–Crippen LogP) is 4.89. The molecule has 16 heteroatoms. The smallest absolute Gasteiger partial charge is 0.281 e. The second-order valence-electron chi connectivity index (χ2n) is 5.39. The Hall–Kier alpha value is -0.930. The minimum atomic E-state index is -7.19. The molecule has 0 aliphatic carbocycles. The van der Waals surface area contributed by atoms with E-state index < -0.39 is 64.2 Å². The lowest BCUT2D eigenvalue weighted by molar-refractivity contribution is -0.299. The fraction of sp³-hybridized carbons (Fsp3) is 1.00. The molecular weight excluding hydrogens is 428 g/mol. The van der Waals surface area contributed by atoms with Crippen molar-refractivity contribution in [2.75, 3.05) is 0 Å². The van der Waals surface area contributed by atoms with Crippen LogP contribution in [0.1, 0.15) is 19.8 Å². The van der Waals surface area contributed by atoms with Crippen molar-refractivity contribution in [2.24, 2.45) is 11.8 Å². The Morgan fingerprint density at radius 1 is 0.808 bits per heavy atom. The molecule has 0 rings (SSSR count). The van der Waals surface area contributed by atoms with Gasteiger partial charge in [0.25, 0.3) is 0 Å². The zero-order valence-corrected chi connectivity index (χ0v) is 13.1. The molecule has 0 aromatic carbocycles. The molecule has 0 saturated heterocycles. The summed E-state index contributed by atoms with van der Waals surface area (Å²) in [5, 5.41) is -6.89. The summed E-state index contributed by atoms with van der Waals surface area (Å²) in [6.45, 7) is 0.113. The second-order valence-corrected chi connectivity index (χ2v) is 6.85. The van der Waals surface area contributed by atoms with Gasteiger partial charge in [-0.05, 0) is 6.42 Å². The van der Waals surface area contributed by atoms with E-state index in [1.54, 1.807) is 0 Å². The van der Waals surface area contributed by atoms with Crippen LogP contribution in [0.3, 0.4) is 0 Å². The summed E-state index contributed by atoms with van der Waals surface area (Å²) in [7, 11) is -7.19. The van der Waals surface area contributed by atoms with E-state index in [1.807, 2.05) is 0 Å². The SMILES string of the molecule is CC(CC(CC(F)(F)C(F)(F)C(F)(F)S(=O)(=O)O)C(F)(F)F)C(F)(F)F. The minimum Gasteiger partial charge on any atom is -0.281 e. The average Bonchev–Trinajstić information content (AvgIpc) is 2.33. The molecule has 0 aliphatic rings. The Kier molecular flexibility index (Phi) is 6.66. The van der Waals surface area contributed by atoms with Crippen LogP contribution < -0.4 is 0 Å². The van der Waals surface area contributed by atoms with Gasteiger partial charge in [0.05, 0.1) is 11.8 Å². The first-order valence-electron chi connectivity index (χ1n) is 6.22. The monoisotopic (exact) mass is 438 g/mol. The van der Waals surface area contributed by atoms with Gasteiger partial charge < -0.3 is 0 Å². The fourth-order valence-corrected chi connectivity index (χ4v) is 2.18. The van der Waals surface area contributed by atoms with Crippen LogP contribution in [0.15, 0.2) is 0 Å². The van der Waals surface area contributed by atoms with Crippen LogP contribution >= 0.6 is 0 Å². The molecule has 0 radical (unpaired) electrons. The molecule has 3 nitrogen and oxygen atoms in total. The molecule has 0 fully saturated rings. The maximum atomic E-state index is 13.4. The Morgan fingerprint density at radius 3 is 1.46 bits per heavy atom. The highest BCUT2D eigenvalue weighted by Crippen LogP contribution is 2.53. The minimum absolute atomic E-state index is 0.113. The topological polar surface area (TPSA) is 54.4 Å². The van der Waals surface area contributed by atoms with E-state index in [2.05, 4.69) is 0 Å². The molecule has 0 saturated carbocycles. The molecule has 0 heterocycles. The van der Waals surface area contributed by atoms with Gasteiger partial charge in [-0.25, -0.2) is 0 Å². The van der Waals surface area contributed by atoms with Crippen LogP contribution in [0.5, 0.6) is 0 Å². The van der Waals surface area contributed by atoms with E-state index in [0.717, 1.165) is 0 Å². The molecule has 158 valence electrons. The second kappa shape index (κ2) is 6.91. The van der Waals surface area contributed by atoms with Crippen molar-refractivity contribution in [3.63, 3.8) is 0 Å². The number of hydrogen-bond acceptors (Lipinski definition) is 2. The van der Waals surface area contributed by atoms with Crippen molar-refractivity contribution in [2.45, 2.75) is 49.2 Å². The molecule has 0 aromatic heterocycles. The zero-order valence-electron chi connectivity index (χ0n) is 12.3. The summed E-state index contributed by atoms with van der Waals surface area (Å²) in [5.41, 5.74) is 0. The highest BCUT2D eigenvalue weighted by Gasteiger charge is 2.77. The maximum absolute atomic E-state index is 13.4. The lowest BCUT2D eigenvalue weighted by atomic mass is 9.88. The van der Waals surface area contributed by atoms with Gasteiger partial charge in [-0.3, -0.25) is 4.55 Å². The van der Waals surface area contributed by atoms with Crippen LogP contribution in [0.25, 0.3) is 0 Å². The molecule has 0 aliphatic heterocycles. The Labute approximate surface area is 138 Å². The van der Waals surface area contributed by atoms with Gasteiger partial charge >= 0.3 is 39.6 Å². The first kappa shape index (κ1) is 25.1. The normalized spacial score (nSPS) is 17.9. The Morgan fingerprint density at radius 2 is 1.19 bits per heavy atom. The third kappa shape index (κ3) is 5.07. The zero-order chi connectivity index (χ0) is 21.6. The van der Waals surface area contributed by atoms with Crippen molar-refractivity contribution < 1.29 is 65.7 Å². The Bertz CT molecular complexity index is 591. The van der Waals surface area contributed by atoms with Crippen molar-refractivity contribution in [1.82, 2.24) is 0 Å². The third-order valence-electron chi connectivity index (χ3n) is 3.31. The molecule has 2 unspecified atom stereocenters. The largest absolute Gasteiger partial charge is 0.437 e. The van der Waals surface area contributed by atoms with E-state index in [1.165, 1.54) is 0 Å². The summed E-state index contributed by atoms with van der Waals surface area (Å²) < 4.78 is 182. The van der Waals surface area contributed by atoms with Gasteiger partial charge in [0, 0.05) is 6.42 Å². The first-order valence-corrected chi connectivity index (χ1v) is 7.66. The van der Waals surface area contributed by atoms with Crippen LogP contribution in [0.2, 0.25) is 0 Å². The fourth-order valence-electron chi connectivity index (χ4n) is 1.71. The molecule has 0 aromatic rings. The molecule has 0 amide bonds. The number of rotatable bonds is 7. The average molecular weight is 438 g/mol. The summed E-state index contributed by atoms with van der Waals surface area (Å²) >= 11 is 0. The van der Waals surface area contributed by atoms with Crippen molar-refractivity contribution in [1.29, 1.82) is 0 Å². The van der Waals surface area contributed by atoms with Crippen molar-refractivity contribution in [3.8, 4) is 0 Å². The van der Waals surface area contributed by atoms with E-state index in [0.29, 0.717) is 0 Å². The summed E-state index contributed by atoms with van der Waals surface area (Å²) in [4.78, 5) is 0. The van der Waals surface area contributed by atoms with Crippen LogP contribution in [0.4, 0.5) is 52.7 Å². The lowest BCUT2D eigenvalue weighted by Gasteiger charge is -2.34. The standard InChI is InChI=1S/C10H10F12O3S/c1-4(7(13,14)15)2-5(8(16,17)18)3-6(11,12)9(19,20)10(21,22)26(23,24)25/h4-5H,2-3H2,1H3,(H,23,24,25). The van der Waals surface area contributed by atoms with E-state index in [9.17, 15) is 61.1 Å². The van der Waals surface area contributed by atoms with Crippen LogP contribution in [-0.2, 0) is 10.1 Å². The van der Waals surface area contributed by atoms with Crippen LogP contribution in [-0.4, -0.2) is 42.4 Å². The number of halogens is 12. The van der Waals surface area contributed by atoms with Crippen molar-refractivity contribution in [3.05, 3.63) is 0 Å². The molecule has 2 atom stereocenters. The quantitative estimate of drug-likeness (QED) is 0.455. The molecule has 1 N–H and O–H groups in total. The molecule has 0 bridgehead atoms. The number of alkyl halides is 12. The maximum Gasteiger partial charge on any atom is 0.437 e.